The standard InChI is InChI=1S/C12H24N2O/c1-2-15-10-7-13-11-6-9-14-8-4-3-5-12(11)14/h11-13H,2-10H2,1H3. The summed E-state index contributed by atoms with van der Waals surface area (Å²) in [6, 6.07) is 1.55. The van der Waals surface area contributed by atoms with Crippen molar-refractivity contribution in [2.24, 2.45) is 0 Å². The van der Waals surface area contributed by atoms with Gasteiger partial charge in [-0.05, 0) is 32.7 Å². The van der Waals surface area contributed by atoms with Gasteiger partial charge in [0, 0.05) is 31.8 Å². The van der Waals surface area contributed by atoms with Gasteiger partial charge in [-0.3, -0.25) is 4.90 Å². The molecule has 0 amide bonds. The van der Waals surface area contributed by atoms with E-state index in [1.165, 1.54) is 38.8 Å². The molecule has 3 nitrogen and oxygen atoms in total. The maximum Gasteiger partial charge on any atom is 0.0590 e. The van der Waals surface area contributed by atoms with Gasteiger partial charge in [-0.25, -0.2) is 0 Å². The van der Waals surface area contributed by atoms with E-state index in [2.05, 4.69) is 17.1 Å². The summed E-state index contributed by atoms with van der Waals surface area (Å²) in [5.41, 5.74) is 0. The quantitative estimate of drug-likeness (QED) is 0.694. The highest BCUT2D eigenvalue weighted by molar-refractivity contribution is 4.93. The second kappa shape index (κ2) is 5.83. The Morgan fingerprint density at radius 2 is 2.20 bits per heavy atom. The van der Waals surface area contributed by atoms with Crippen LogP contribution in [0, 0.1) is 0 Å². The molecule has 2 aliphatic rings. The summed E-state index contributed by atoms with van der Waals surface area (Å²) in [6.45, 7) is 7.40. The fraction of sp³-hybridized carbons (Fsp3) is 1.00. The van der Waals surface area contributed by atoms with E-state index < -0.39 is 0 Å². The van der Waals surface area contributed by atoms with Crippen LogP contribution in [-0.4, -0.2) is 49.8 Å². The summed E-state index contributed by atoms with van der Waals surface area (Å²) in [4.78, 5) is 2.67. The molecule has 2 heterocycles. The molecular weight excluding hydrogens is 188 g/mol. The normalized spacial score (nSPS) is 31.8. The number of ether oxygens (including phenoxy) is 1. The zero-order valence-electron chi connectivity index (χ0n) is 9.87. The molecule has 1 N–H and O–H groups in total. The molecule has 2 rings (SSSR count). The molecule has 0 bridgehead atoms. The third-order valence-electron chi connectivity index (χ3n) is 3.71. The number of nitrogens with one attached hydrogen (secondary N) is 1. The molecule has 0 aromatic heterocycles. The van der Waals surface area contributed by atoms with Crippen molar-refractivity contribution >= 4 is 0 Å². The monoisotopic (exact) mass is 212 g/mol. The van der Waals surface area contributed by atoms with Crippen molar-refractivity contribution in [2.75, 3.05) is 32.8 Å². The summed E-state index contributed by atoms with van der Waals surface area (Å²) >= 11 is 0. The Labute approximate surface area is 93.2 Å². The van der Waals surface area contributed by atoms with E-state index in [1.54, 1.807) is 0 Å². The van der Waals surface area contributed by atoms with Crippen LogP contribution in [-0.2, 0) is 4.74 Å². The molecule has 2 fully saturated rings. The lowest BCUT2D eigenvalue weighted by Crippen LogP contribution is -2.45. The van der Waals surface area contributed by atoms with Crippen LogP contribution in [0.15, 0.2) is 0 Å². The Balaban J connectivity index is 1.69. The van der Waals surface area contributed by atoms with Gasteiger partial charge < -0.3 is 10.1 Å². The second-order valence-corrected chi connectivity index (χ2v) is 4.65. The molecule has 2 aliphatic heterocycles. The lowest BCUT2D eigenvalue weighted by molar-refractivity contribution is 0.139. The van der Waals surface area contributed by atoms with E-state index in [0.717, 1.165) is 31.8 Å². The molecule has 15 heavy (non-hydrogen) atoms. The van der Waals surface area contributed by atoms with Crippen LogP contribution in [0.1, 0.15) is 32.6 Å². The Hall–Kier alpha value is -0.120. The van der Waals surface area contributed by atoms with Gasteiger partial charge in [-0.1, -0.05) is 6.42 Å². The predicted molar refractivity (Wildman–Crippen MR) is 62.1 cm³/mol. The fourth-order valence-corrected chi connectivity index (χ4v) is 2.95. The number of hydrogen-bond donors (Lipinski definition) is 1. The molecule has 0 aliphatic carbocycles. The fourth-order valence-electron chi connectivity index (χ4n) is 2.95. The van der Waals surface area contributed by atoms with Gasteiger partial charge in [-0.2, -0.15) is 0 Å². The molecule has 2 saturated heterocycles. The zero-order valence-corrected chi connectivity index (χ0v) is 9.87. The molecular formula is C12H24N2O. The van der Waals surface area contributed by atoms with Crippen molar-refractivity contribution in [1.29, 1.82) is 0 Å². The van der Waals surface area contributed by atoms with E-state index >= 15 is 0 Å². The van der Waals surface area contributed by atoms with Crippen LogP contribution in [0.25, 0.3) is 0 Å². The molecule has 3 heteroatoms. The van der Waals surface area contributed by atoms with Crippen molar-refractivity contribution in [2.45, 2.75) is 44.7 Å². The minimum Gasteiger partial charge on any atom is -0.380 e. The van der Waals surface area contributed by atoms with Gasteiger partial charge in [0.15, 0.2) is 0 Å². The van der Waals surface area contributed by atoms with E-state index in [0.29, 0.717) is 0 Å². The number of rotatable bonds is 5. The Morgan fingerprint density at radius 3 is 3.07 bits per heavy atom. The first-order valence-electron chi connectivity index (χ1n) is 6.47. The summed E-state index contributed by atoms with van der Waals surface area (Å²) in [5.74, 6) is 0. The molecule has 0 saturated carbocycles. The van der Waals surface area contributed by atoms with Crippen molar-refractivity contribution < 1.29 is 4.74 Å². The van der Waals surface area contributed by atoms with Crippen molar-refractivity contribution in [3.63, 3.8) is 0 Å². The summed E-state index contributed by atoms with van der Waals surface area (Å²) in [6.07, 6.45) is 5.55. The van der Waals surface area contributed by atoms with Gasteiger partial charge in [-0.15, -0.1) is 0 Å². The largest absolute Gasteiger partial charge is 0.380 e. The molecule has 0 aromatic carbocycles. The van der Waals surface area contributed by atoms with E-state index in [4.69, 9.17) is 4.74 Å². The summed E-state index contributed by atoms with van der Waals surface area (Å²) in [7, 11) is 0. The smallest absolute Gasteiger partial charge is 0.0590 e. The average Bonchev–Trinajstić information content (AvgIpc) is 2.68. The Kier molecular flexibility index (Phi) is 4.42. The maximum absolute atomic E-state index is 5.35. The molecule has 2 unspecified atom stereocenters. The SMILES string of the molecule is CCOCCNC1CCN2CCCCC12. The van der Waals surface area contributed by atoms with Crippen molar-refractivity contribution in [1.82, 2.24) is 10.2 Å². The highest BCUT2D eigenvalue weighted by atomic mass is 16.5. The average molecular weight is 212 g/mol. The van der Waals surface area contributed by atoms with Crippen LogP contribution in [0.5, 0.6) is 0 Å². The highest BCUT2D eigenvalue weighted by Crippen LogP contribution is 2.26. The minimum absolute atomic E-state index is 0.728. The maximum atomic E-state index is 5.35. The van der Waals surface area contributed by atoms with Crippen molar-refractivity contribution in [3.8, 4) is 0 Å². The highest BCUT2D eigenvalue weighted by Gasteiger charge is 2.34. The number of hydrogen-bond acceptors (Lipinski definition) is 3. The van der Waals surface area contributed by atoms with Gasteiger partial charge >= 0.3 is 0 Å². The number of nitrogens with zero attached hydrogens (tertiary/aromatic N) is 1. The van der Waals surface area contributed by atoms with E-state index in [-0.39, 0.29) is 0 Å². The minimum atomic E-state index is 0.728. The van der Waals surface area contributed by atoms with Crippen molar-refractivity contribution in [3.05, 3.63) is 0 Å². The topological polar surface area (TPSA) is 24.5 Å². The van der Waals surface area contributed by atoms with Crippen LogP contribution < -0.4 is 5.32 Å². The molecule has 2 atom stereocenters. The summed E-state index contributed by atoms with van der Waals surface area (Å²) in [5, 5.41) is 3.65. The van der Waals surface area contributed by atoms with Gasteiger partial charge in [0.1, 0.15) is 0 Å². The van der Waals surface area contributed by atoms with Crippen LogP contribution >= 0.6 is 0 Å². The number of piperidine rings is 1. The molecule has 0 aromatic rings. The number of fused-ring (bicyclic) bond motifs is 1. The van der Waals surface area contributed by atoms with Crippen LogP contribution in [0.2, 0.25) is 0 Å². The molecule has 88 valence electrons. The lowest BCUT2D eigenvalue weighted by Gasteiger charge is -2.32. The summed E-state index contributed by atoms with van der Waals surface area (Å²) < 4.78 is 5.35. The van der Waals surface area contributed by atoms with E-state index in [1.807, 2.05) is 0 Å². The first-order valence-corrected chi connectivity index (χ1v) is 6.47. The van der Waals surface area contributed by atoms with E-state index in [9.17, 15) is 0 Å². The first-order chi connectivity index (χ1) is 7.42. The Bertz CT molecular complexity index is 186. The lowest BCUT2D eigenvalue weighted by atomic mass is 9.99. The second-order valence-electron chi connectivity index (χ2n) is 4.65. The van der Waals surface area contributed by atoms with Crippen LogP contribution in [0.4, 0.5) is 0 Å². The van der Waals surface area contributed by atoms with Gasteiger partial charge in [0.05, 0.1) is 6.61 Å². The van der Waals surface area contributed by atoms with Gasteiger partial charge in [0.2, 0.25) is 0 Å². The third-order valence-corrected chi connectivity index (χ3v) is 3.71. The molecule has 0 spiro atoms. The zero-order chi connectivity index (χ0) is 10.5. The Morgan fingerprint density at radius 1 is 1.27 bits per heavy atom. The molecule has 0 radical (unpaired) electrons. The van der Waals surface area contributed by atoms with Crippen LogP contribution in [0.3, 0.4) is 0 Å². The van der Waals surface area contributed by atoms with Gasteiger partial charge in [0.25, 0.3) is 0 Å². The third kappa shape index (κ3) is 2.92. The first kappa shape index (κ1) is 11.4. The predicted octanol–water partition coefficient (Wildman–Crippen LogP) is 1.24.